The number of rotatable bonds is 10. The van der Waals surface area contributed by atoms with Gasteiger partial charge in [-0.2, -0.15) is 10.5 Å². The summed E-state index contributed by atoms with van der Waals surface area (Å²) in [4.78, 5) is 4.59. The lowest BCUT2D eigenvalue weighted by atomic mass is 9.94. The molecule has 1 atom stereocenters. The van der Waals surface area contributed by atoms with Crippen LogP contribution >= 0.6 is 35.0 Å². The van der Waals surface area contributed by atoms with Crippen LogP contribution in [0.2, 0.25) is 0 Å². The molecule has 1 aliphatic carbocycles. The third-order valence-electron chi connectivity index (χ3n) is 4.56. The molecule has 2 N–H and O–H groups in total. The Hall–Kier alpha value is -2.07. The highest BCUT2D eigenvalue weighted by molar-refractivity contribution is 8.00. The standard InChI is InChI=1S/C22H27Cl2N5O2S/c1-28(2)9-11-30-19-15(13-25)16(14-26)20(31-12-10-29(3)4)22(23,24)21(19)32-18-8-6-5-7-17(18)27/h5-8,21H,9-12,27H2,1-4H3. The Bertz CT molecular complexity index is 964. The van der Waals surface area contributed by atoms with Crippen LogP contribution in [0.5, 0.6) is 0 Å². The normalized spacial score (nSPS) is 18.0. The van der Waals surface area contributed by atoms with Crippen molar-refractivity contribution < 1.29 is 9.47 Å². The summed E-state index contributed by atoms with van der Waals surface area (Å²) in [6.07, 6.45) is 0. The predicted octanol–water partition coefficient (Wildman–Crippen LogP) is 3.63. The molecule has 2 rings (SSSR count). The SMILES string of the molecule is CN(C)CCOC1=C(C#N)C(C#N)=C(OCCN(C)C)C(Cl)(Cl)C1Sc1ccccc1N. The third-order valence-corrected chi connectivity index (χ3v) is 7.03. The molecule has 1 aromatic carbocycles. The van der Waals surface area contributed by atoms with Crippen molar-refractivity contribution in [3.63, 3.8) is 0 Å². The number of nitrogens with zero attached hydrogens (tertiary/aromatic N) is 4. The lowest BCUT2D eigenvalue weighted by Crippen LogP contribution is -2.40. The van der Waals surface area contributed by atoms with Crippen LogP contribution in [0.15, 0.2) is 51.8 Å². The Morgan fingerprint density at radius 1 is 1.00 bits per heavy atom. The van der Waals surface area contributed by atoms with Crippen molar-refractivity contribution in [2.24, 2.45) is 0 Å². The van der Waals surface area contributed by atoms with Crippen molar-refractivity contribution in [1.29, 1.82) is 10.5 Å². The number of ether oxygens (including phenoxy) is 2. The lowest BCUT2D eigenvalue weighted by molar-refractivity contribution is 0.150. The molecule has 0 saturated carbocycles. The van der Waals surface area contributed by atoms with E-state index in [-0.39, 0.29) is 35.9 Å². The molecule has 0 amide bonds. The maximum absolute atomic E-state index is 9.94. The summed E-state index contributed by atoms with van der Waals surface area (Å²) in [6, 6.07) is 11.4. The first-order valence-corrected chi connectivity index (χ1v) is 11.5. The van der Waals surface area contributed by atoms with Gasteiger partial charge >= 0.3 is 0 Å². The highest BCUT2D eigenvalue weighted by atomic mass is 35.5. The van der Waals surface area contributed by atoms with Gasteiger partial charge in [-0.1, -0.05) is 35.3 Å². The van der Waals surface area contributed by atoms with E-state index >= 15 is 0 Å². The minimum atomic E-state index is -1.67. The first-order valence-electron chi connectivity index (χ1n) is 9.87. The van der Waals surface area contributed by atoms with Gasteiger partial charge in [0.15, 0.2) is 10.1 Å². The molecule has 1 unspecified atom stereocenters. The average Bonchev–Trinajstić information content (AvgIpc) is 2.72. The molecule has 7 nitrogen and oxygen atoms in total. The number of hydrogen-bond donors (Lipinski definition) is 1. The Kier molecular flexibility index (Phi) is 9.57. The summed E-state index contributed by atoms with van der Waals surface area (Å²) >= 11 is 15.0. The second kappa shape index (κ2) is 11.7. The molecule has 0 saturated heterocycles. The topological polar surface area (TPSA) is 98.5 Å². The summed E-state index contributed by atoms with van der Waals surface area (Å²) in [7, 11) is 7.61. The molecule has 172 valence electrons. The van der Waals surface area contributed by atoms with Crippen molar-refractivity contribution in [3.8, 4) is 12.1 Å². The second-order valence-corrected chi connectivity index (χ2v) is 10.2. The van der Waals surface area contributed by atoms with E-state index in [0.717, 1.165) is 4.90 Å². The largest absolute Gasteiger partial charge is 0.494 e. The number of allylic oxidation sites excluding steroid dienone is 3. The smallest absolute Gasteiger partial charge is 0.195 e. The molecule has 1 aromatic rings. The second-order valence-electron chi connectivity index (χ2n) is 7.63. The summed E-state index contributed by atoms with van der Waals surface area (Å²) in [5, 5.41) is 19.0. The fourth-order valence-electron chi connectivity index (χ4n) is 2.86. The van der Waals surface area contributed by atoms with Gasteiger partial charge in [0.1, 0.15) is 47.5 Å². The number of hydrogen-bond acceptors (Lipinski definition) is 8. The number of nitriles is 2. The van der Waals surface area contributed by atoms with Crippen molar-refractivity contribution >= 4 is 40.7 Å². The zero-order chi connectivity index (χ0) is 23.9. The third kappa shape index (κ3) is 6.25. The first kappa shape index (κ1) is 26.2. The molecule has 0 heterocycles. The number of alkyl halides is 2. The van der Waals surface area contributed by atoms with Gasteiger partial charge in [0.25, 0.3) is 0 Å². The van der Waals surface area contributed by atoms with Crippen LogP contribution < -0.4 is 5.73 Å². The minimum Gasteiger partial charge on any atom is -0.494 e. The maximum Gasteiger partial charge on any atom is 0.195 e. The minimum absolute atomic E-state index is 0.0195. The van der Waals surface area contributed by atoms with E-state index in [9.17, 15) is 10.5 Å². The number of likely N-dealkylation sites (N-methyl/N-ethyl adjacent to an activating group) is 2. The fourth-order valence-corrected chi connectivity index (χ4v) is 4.79. The molecule has 0 radical (unpaired) electrons. The molecule has 0 spiro atoms. The van der Waals surface area contributed by atoms with E-state index in [0.29, 0.717) is 18.8 Å². The van der Waals surface area contributed by atoms with Gasteiger partial charge < -0.3 is 25.0 Å². The number of halogens is 2. The van der Waals surface area contributed by atoms with Crippen molar-refractivity contribution in [2.75, 3.05) is 60.2 Å². The van der Waals surface area contributed by atoms with Crippen molar-refractivity contribution in [3.05, 3.63) is 46.9 Å². The number of benzene rings is 1. The quantitative estimate of drug-likeness (QED) is 0.388. The molecule has 0 aliphatic heterocycles. The van der Waals surface area contributed by atoms with E-state index < -0.39 is 9.58 Å². The summed E-state index contributed by atoms with van der Waals surface area (Å²) in [5.74, 6) is 0.290. The van der Waals surface area contributed by atoms with Crippen LogP contribution in [0.25, 0.3) is 0 Å². The molecule has 32 heavy (non-hydrogen) atoms. The van der Waals surface area contributed by atoms with Crippen LogP contribution in [0.1, 0.15) is 0 Å². The lowest BCUT2D eigenvalue weighted by Gasteiger charge is -2.37. The van der Waals surface area contributed by atoms with Crippen LogP contribution in [-0.4, -0.2) is 73.9 Å². The van der Waals surface area contributed by atoms with E-state index in [1.54, 1.807) is 6.07 Å². The summed E-state index contributed by atoms with van der Waals surface area (Å²) < 4.78 is 10.2. The van der Waals surface area contributed by atoms with Gasteiger partial charge in [-0.05, 0) is 40.3 Å². The van der Waals surface area contributed by atoms with Crippen LogP contribution in [0.4, 0.5) is 5.69 Å². The van der Waals surface area contributed by atoms with E-state index in [1.165, 1.54) is 11.8 Å². The first-order chi connectivity index (χ1) is 15.1. The van der Waals surface area contributed by atoms with Gasteiger partial charge in [0.05, 0.1) is 0 Å². The highest BCUT2D eigenvalue weighted by Gasteiger charge is 2.51. The molecular formula is C22H27Cl2N5O2S. The molecule has 1 aliphatic rings. The van der Waals surface area contributed by atoms with E-state index in [4.69, 9.17) is 38.4 Å². The van der Waals surface area contributed by atoms with Gasteiger partial charge in [-0.3, -0.25) is 0 Å². The Balaban J connectivity index is 2.57. The number of nitrogens with two attached hydrogens (primary N) is 1. The van der Waals surface area contributed by atoms with E-state index in [1.807, 2.05) is 62.3 Å². The zero-order valence-corrected chi connectivity index (χ0v) is 20.9. The Morgan fingerprint density at radius 3 is 2.09 bits per heavy atom. The zero-order valence-electron chi connectivity index (χ0n) is 18.6. The van der Waals surface area contributed by atoms with Gasteiger partial charge in [0.2, 0.25) is 0 Å². The number of anilines is 1. The van der Waals surface area contributed by atoms with Crippen molar-refractivity contribution in [2.45, 2.75) is 14.5 Å². The number of para-hydroxylation sites is 1. The van der Waals surface area contributed by atoms with Crippen LogP contribution in [0, 0.1) is 22.7 Å². The van der Waals surface area contributed by atoms with Gasteiger partial charge in [-0.25, -0.2) is 0 Å². The Morgan fingerprint density at radius 2 is 1.56 bits per heavy atom. The fraction of sp³-hybridized carbons (Fsp3) is 0.455. The monoisotopic (exact) mass is 495 g/mol. The average molecular weight is 496 g/mol. The van der Waals surface area contributed by atoms with Gasteiger partial charge in [-0.15, -0.1) is 11.8 Å². The summed E-state index contributed by atoms with van der Waals surface area (Å²) in [5.41, 5.74) is 6.73. The molecule has 0 aromatic heterocycles. The van der Waals surface area contributed by atoms with Crippen molar-refractivity contribution in [1.82, 2.24) is 9.80 Å². The van der Waals surface area contributed by atoms with Crippen LogP contribution in [0.3, 0.4) is 0 Å². The summed E-state index contributed by atoms with van der Waals surface area (Å²) in [6.45, 7) is 1.71. The maximum atomic E-state index is 9.94. The van der Waals surface area contributed by atoms with Crippen LogP contribution in [-0.2, 0) is 9.47 Å². The molecule has 10 heteroatoms. The number of thioether (sulfide) groups is 1. The Labute approximate surface area is 203 Å². The molecule has 0 fully saturated rings. The number of nitrogen functional groups attached to an aromatic ring is 1. The predicted molar refractivity (Wildman–Crippen MR) is 129 cm³/mol. The highest BCUT2D eigenvalue weighted by Crippen LogP contribution is 2.52. The van der Waals surface area contributed by atoms with Gasteiger partial charge in [0, 0.05) is 23.7 Å². The molecule has 0 bridgehead atoms. The van der Waals surface area contributed by atoms with E-state index in [2.05, 4.69) is 6.07 Å². The molecular weight excluding hydrogens is 469 g/mol.